The summed E-state index contributed by atoms with van der Waals surface area (Å²) < 4.78 is 6.56. The highest BCUT2D eigenvalue weighted by Crippen LogP contribution is 2.28. The first-order valence-corrected chi connectivity index (χ1v) is 8.93. The standard InChI is InChI=1S/C17H24N6O4/c1-4-23-8-12(7-18-23)16(25)20-13-5-11(6-14(13)24)17(26)22(3)9-15-19-10(2)27-21-15/h7-8,11,13-14,24H,4-6,9H2,1-3H3,(H,20,25)/t11-,13-,14-/m0/s1. The molecule has 2 N–H and O–H groups in total. The monoisotopic (exact) mass is 376 g/mol. The van der Waals surface area contributed by atoms with E-state index < -0.39 is 12.1 Å². The fourth-order valence-corrected chi connectivity index (χ4v) is 3.29. The number of aliphatic hydroxyl groups excluding tert-OH is 1. The number of rotatable bonds is 6. The minimum atomic E-state index is -0.773. The maximum atomic E-state index is 12.6. The topological polar surface area (TPSA) is 126 Å². The molecule has 0 aromatic carbocycles. The van der Waals surface area contributed by atoms with Crippen LogP contribution in [0.3, 0.4) is 0 Å². The van der Waals surface area contributed by atoms with Gasteiger partial charge in [-0.05, 0) is 19.8 Å². The second-order valence-electron chi connectivity index (χ2n) is 6.82. The minimum absolute atomic E-state index is 0.118. The van der Waals surface area contributed by atoms with Crippen molar-refractivity contribution in [3.05, 3.63) is 29.7 Å². The van der Waals surface area contributed by atoms with Crippen molar-refractivity contribution >= 4 is 11.8 Å². The Morgan fingerprint density at radius 2 is 2.22 bits per heavy atom. The molecule has 0 saturated heterocycles. The highest BCUT2D eigenvalue weighted by atomic mass is 16.5. The molecule has 0 bridgehead atoms. The van der Waals surface area contributed by atoms with Crippen LogP contribution in [0.2, 0.25) is 0 Å². The lowest BCUT2D eigenvalue weighted by molar-refractivity contribution is -0.134. The van der Waals surface area contributed by atoms with Crippen LogP contribution in [0.25, 0.3) is 0 Å². The van der Waals surface area contributed by atoms with Crippen molar-refractivity contribution in [2.24, 2.45) is 5.92 Å². The Kier molecular flexibility index (Phi) is 5.54. The number of hydrogen-bond acceptors (Lipinski definition) is 7. The molecule has 2 aromatic heterocycles. The quantitative estimate of drug-likeness (QED) is 0.733. The zero-order chi connectivity index (χ0) is 19.6. The molecule has 1 aliphatic carbocycles. The zero-order valence-electron chi connectivity index (χ0n) is 15.6. The summed E-state index contributed by atoms with van der Waals surface area (Å²) in [5.74, 6) is 0.0761. The largest absolute Gasteiger partial charge is 0.391 e. The molecule has 1 aliphatic rings. The number of aliphatic hydroxyl groups is 1. The van der Waals surface area contributed by atoms with E-state index >= 15 is 0 Å². The summed E-state index contributed by atoms with van der Waals surface area (Å²) in [6, 6.07) is -0.475. The third-order valence-corrected chi connectivity index (χ3v) is 4.74. The van der Waals surface area contributed by atoms with E-state index in [2.05, 4.69) is 20.6 Å². The van der Waals surface area contributed by atoms with E-state index in [1.165, 1.54) is 11.1 Å². The first-order valence-electron chi connectivity index (χ1n) is 8.93. The van der Waals surface area contributed by atoms with Crippen molar-refractivity contribution in [3.8, 4) is 0 Å². The van der Waals surface area contributed by atoms with Gasteiger partial charge in [0, 0.05) is 32.6 Å². The van der Waals surface area contributed by atoms with Gasteiger partial charge < -0.3 is 19.8 Å². The van der Waals surface area contributed by atoms with Gasteiger partial charge in [0.15, 0.2) is 5.82 Å². The van der Waals surface area contributed by atoms with Gasteiger partial charge in [-0.2, -0.15) is 10.1 Å². The molecular weight excluding hydrogens is 352 g/mol. The lowest BCUT2D eigenvalue weighted by Gasteiger charge is -2.19. The van der Waals surface area contributed by atoms with Crippen LogP contribution in [0.4, 0.5) is 0 Å². The number of carbonyl (C=O) groups is 2. The van der Waals surface area contributed by atoms with E-state index in [-0.39, 0.29) is 24.3 Å². The summed E-state index contributed by atoms with van der Waals surface area (Å²) >= 11 is 0. The first-order chi connectivity index (χ1) is 12.9. The highest BCUT2D eigenvalue weighted by Gasteiger charge is 2.39. The van der Waals surface area contributed by atoms with Crippen LogP contribution in [0, 0.1) is 12.8 Å². The second-order valence-corrected chi connectivity index (χ2v) is 6.82. The van der Waals surface area contributed by atoms with Gasteiger partial charge in [0.2, 0.25) is 11.8 Å². The number of nitrogens with zero attached hydrogens (tertiary/aromatic N) is 5. The first kappa shape index (κ1) is 19.0. The van der Waals surface area contributed by atoms with Gasteiger partial charge in [0.25, 0.3) is 5.91 Å². The Bertz CT molecular complexity index is 816. The smallest absolute Gasteiger partial charge is 0.254 e. The van der Waals surface area contributed by atoms with Gasteiger partial charge >= 0.3 is 0 Å². The van der Waals surface area contributed by atoms with Crippen molar-refractivity contribution in [3.63, 3.8) is 0 Å². The summed E-state index contributed by atoms with van der Waals surface area (Å²) in [7, 11) is 1.66. The Labute approximate surface area is 156 Å². The summed E-state index contributed by atoms with van der Waals surface area (Å²) in [4.78, 5) is 30.6. The molecule has 0 unspecified atom stereocenters. The van der Waals surface area contributed by atoms with E-state index in [4.69, 9.17) is 4.52 Å². The fraction of sp³-hybridized carbons (Fsp3) is 0.588. The molecule has 146 valence electrons. The molecule has 0 spiro atoms. The predicted octanol–water partition coefficient (Wildman–Crippen LogP) is 0.122. The van der Waals surface area contributed by atoms with E-state index in [0.717, 1.165) is 0 Å². The molecule has 10 nitrogen and oxygen atoms in total. The fourth-order valence-electron chi connectivity index (χ4n) is 3.29. The zero-order valence-corrected chi connectivity index (χ0v) is 15.6. The summed E-state index contributed by atoms with van der Waals surface area (Å²) in [5.41, 5.74) is 0.434. The molecule has 2 aromatic rings. The molecule has 2 heterocycles. The third kappa shape index (κ3) is 4.33. The van der Waals surface area contributed by atoms with E-state index in [9.17, 15) is 14.7 Å². The molecule has 0 radical (unpaired) electrons. The van der Waals surface area contributed by atoms with Crippen LogP contribution in [0.1, 0.15) is 41.8 Å². The Morgan fingerprint density at radius 3 is 2.85 bits per heavy atom. The van der Waals surface area contributed by atoms with Gasteiger partial charge in [0.05, 0.1) is 30.5 Å². The maximum Gasteiger partial charge on any atom is 0.254 e. The average molecular weight is 376 g/mol. The molecule has 0 aliphatic heterocycles. The minimum Gasteiger partial charge on any atom is -0.391 e. The van der Waals surface area contributed by atoms with Crippen molar-refractivity contribution in [2.75, 3.05) is 7.05 Å². The van der Waals surface area contributed by atoms with Crippen molar-refractivity contribution in [1.29, 1.82) is 0 Å². The lowest BCUT2D eigenvalue weighted by Crippen LogP contribution is -2.40. The number of hydrogen-bond donors (Lipinski definition) is 2. The van der Waals surface area contributed by atoms with E-state index in [1.54, 1.807) is 24.9 Å². The van der Waals surface area contributed by atoms with Gasteiger partial charge in [-0.3, -0.25) is 14.3 Å². The normalized spacial score (nSPS) is 22.0. The number of aromatic nitrogens is 4. The van der Waals surface area contributed by atoms with Crippen LogP contribution in [-0.4, -0.2) is 60.9 Å². The molecule has 2 amide bonds. The third-order valence-electron chi connectivity index (χ3n) is 4.74. The molecule has 1 saturated carbocycles. The SMILES string of the molecule is CCn1cc(C(=O)N[C@H]2C[C@H](C(=O)N(C)Cc3noc(C)n3)C[C@@H]2O)cn1. The van der Waals surface area contributed by atoms with Gasteiger partial charge in [0.1, 0.15) is 0 Å². The van der Waals surface area contributed by atoms with Crippen LogP contribution in [-0.2, 0) is 17.9 Å². The van der Waals surface area contributed by atoms with Crippen LogP contribution in [0.5, 0.6) is 0 Å². The van der Waals surface area contributed by atoms with E-state index in [0.29, 0.717) is 36.7 Å². The molecule has 1 fully saturated rings. The van der Waals surface area contributed by atoms with Crippen molar-refractivity contribution in [2.45, 2.75) is 51.9 Å². The molecule has 3 rings (SSSR count). The molecular formula is C17H24N6O4. The number of nitrogens with one attached hydrogen (secondary N) is 1. The van der Waals surface area contributed by atoms with Gasteiger partial charge in [-0.1, -0.05) is 5.16 Å². The Balaban J connectivity index is 1.56. The average Bonchev–Trinajstić information content (AvgIpc) is 3.35. The van der Waals surface area contributed by atoms with Crippen molar-refractivity contribution < 1.29 is 19.2 Å². The lowest BCUT2D eigenvalue weighted by atomic mass is 10.1. The molecule has 10 heteroatoms. The van der Waals surface area contributed by atoms with Gasteiger partial charge in [-0.15, -0.1) is 0 Å². The number of aryl methyl sites for hydroxylation is 2. The maximum absolute atomic E-state index is 12.6. The summed E-state index contributed by atoms with van der Waals surface area (Å²) in [5, 5.41) is 20.9. The predicted molar refractivity (Wildman–Crippen MR) is 93.4 cm³/mol. The van der Waals surface area contributed by atoms with Crippen LogP contribution < -0.4 is 5.32 Å². The Hall–Kier alpha value is -2.75. The molecule has 27 heavy (non-hydrogen) atoms. The van der Waals surface area contributed by atoms with Gasteiger partial charge in [-0.25, -0.2) is 0 Å². The molecule has 3 atom stereocenters. The van der Waals surface area contributed by atoms with E-state index in [1.807, 2.05) is 6.92 Å². The van der Waals surface area contributed by atoms with Crippen molar-refractivity contribution in [1.82, 2.24) is 30.1 Å². The van der Waals surface area contributed by atoms with Crippen LogP contribution >= 0.6 is 0 Å². The van der Waals surface area contributed by atoms with Crippen LogP contribution in [0.15, 0.2) is 16.9 Å². The summed E-state index contributed by atoms with van der Waals surface area (Å²) in [6.45, 7) is 4.51. The highest BCUT2D eigenvalue weighted by molar-refractivity contribution is 5.94. The number of carbonyl (C=O) groups excluding carboxylic acids is 2. The number of amides is 2. The Morgan fingerprint density at radius 1 is 1.44 bits per heavy atom. The second kappa shape index (κ2) is 7.87. The summed E-state index contributed by atoms with van der Waals surface area (Å²) in [6.07, 6.45) is 3.05.